The maximum atomic E-state index is 3.84. The van der Waals surface area contributed by atoms with Gasteiger partial charge in [-0.05, 0) is 42.5 Å². The summed E-state index contributed by atoms with van der Waals surface area (Å²) in [6.45, 7) is 8.33. The molecule has 0 spiro atoms. The zero-order valence-corrected chi connectivity index (χ0v) is 11.5. The van der Waals surface area contributed by atoms with Crippen LogP contribution in [0, 0.1) is 6.92 Å². The Morgan fingerprint density at radius 3 is 2.28 bits per heavy atom. The molecule has 4 heteroatoms. The summed E-state index contributed by atoms with van der Waals surface area (Å²) in [5, 5.41) is 15.1. The number of nitrogens with zero attached hydrogens (tertiary/aromatic N) is 4. The van der Waals surface area contributed by atoms with Crippen molar-refractivity contribution in [2.75, 3.05) is 0 Å². The van der Waals surface area contributed by atoms with Crippen LogP contribution >= 0.6 is 0 Å². The summed E-state index contributed by atoms with van der Waals surface area (Å²) < 4.78 is 0. The minimum absolute atomic E-state index is 0.556. The van der Waals surface area contributed by atoms with E-state index >= 15 is 0 Å². The smallest absolute Gasteiger partial charge is 0.0602 e. The molecule has 0 fully saturated rings. The molecule has 0 saturated heterocycles. The minimum atomic E-state index is 0.556. The van der Waals surface area contributed by atoms with Gasteiger partial charge in [-0.3, -0.25) is 0 Å². The van der Waals surface area contributed by atoms with Gasteiger partial charge < -0.3 is 0 Å². The second-order valence-electron chi connectivity index (χ2n) is 4.39. The van der Waals surface area contributed by atoms with E-state index in [1.54, 1.807) is 18.6 Å². The normalized spacial score (nSPS) is 9.83. The molecule has 0 aliphatic carbocycles. The Bertz CT molecular complexity index is 454. The van der Waals surface area contributed by atoms with Gasteiger partial charge in [0.1, 0.15) is 0 Å². The second-order valence-corrected chi connectivity index (χ2v) is 4.39. The van der Waals surface area contributed by atoms with E-state index in [0.717, 1.165) is 12.1 Å². The van der Waals surface area contributed by atoms with Crippen LogP contribution < -0.4 is 0 Å². The topological polar surface area (TPSA) is 51.6 Å². The zero-order chi connectivity index (χ0) is 13.4. The molecule has 0 aliphatic rings. The fraction of sp³-hybridized carbons (Fsp3) is 0.429. The molecule has 0 N–H and O–H groups in total. The highest BCUT2D eigenvalue weighted by Gasteiger charge is 1.95. The molecule has 0 amide bonds. The lowest BCUT2D eigenvalue weighted by Crippen LogP contribution is -1.88. The second kappa shape index (κ2) is 7.48. The molecule has 2 aromatic heterocycles. The summed E-state index contributed by atoms with van der Waals surface area (Å²) in [6, 6.07) is 4.03. The van der Waals surface area contributed by atoms with Gasteiger partial charge in [0.15, 0.2) is 0 Å². The number of rotatable bonds is 2. The highest BCUT2D eigenvalue weighted by Crippen LogP contribution is 2.09. The first-order chi connectivity index (χ1) is 8.63. The molecule has 0 aliphatic heterocycles. The first kappa shape index (κ1) is 14.2. The molecular formula is C14H20N4. The molecule has 2 aromatic rings. The van der Waals surface area contributed by atoms with Gasteiger partial charge in [-0.15, -0.1) is 0 Å². The fourth-order valence-electron chi connectivity index (χ4n) is 1.36. The SMILES string of the molecule is CC(C)c1ccnnc1.CCc1cnnc(C)c1. The monoisotopic (exact) mass is 244 g/mol. The average molecular weight is 244 g/mol. The van der Waals surface area contributed by atoms with Crippen LogP contribution in [0.25, 0.3) is 0 Å². The van der Waals surface area contributed by atoms with Crippen LogP contribution in [0.4, 0.5) is 0 Å². The summed E-state index contributed by atoms with van der Waals surface area (Å²) in [7, 11) is 0. The zero-order valence-electron chi connectivity index (χ0n) is 11.5. The maximum Gasteiger partial charge on any atom is 0.0602 e. The predicted octanol–water partition coefficient (Wildman–Crippen LogP) is 2.95. The molecule has 0 aromatic carbocycles. The molecule has 0 atom stereocenters. The summed E-state index contributed by atoms with van der Waals surface area (Å²) in [6.07, 6.45) is 6.35. The summed E-state index contributed by atoms with van der Waals surface area (Å²) in [4.78, 5) is 0. The Kier molecular flexibility index (Phi) is 5.91. The van der Waals surface area contributed by atoms with Crippen molar-refractivity contribution in [3.63, 3.8) is 0 Å². The standard InChI is InChI=1S/2C7H10N2/c1-6(2)7-3-4-8-9-5-7;1-3-7-4-6(2)9-8-5-7/h3-6H,1-2H3;4-5H,3H2,1-2H3. The number of hydrogen-bond donors (Lipinski definition) is 0. The van der Waals surface area contributed by atoms with Gasteiger partial charge in [0.2, 0.25) is 0 Å². The summed E-state index contributed by atoms with van der Waals surface area (Å²) in [5.41, 5.74) is 3.49. The Morgan fingerprint density at radius 2 is 1.89 bits per heavy atom. The minimum Gasteiger partial charge on any atom is -0.159 e. The molecule has 0 radical (unpaired) electrons. The lowest BCUT2D eigenvalue weighted by atomic mass is 10.1. The van der Waals surface area contributed by atoms with Crippen LogP contribution in [-0.2, 0) is 6.42 Å². The first-order valence-corrected chi connectivity index (χ1v) is 6.18. The maximum absolute atomic E-state index is 3.84. The summed E-state index contributed by atoms with van der Waals surface area (Å²) in [5.74, 6) is 0.556. The van der Waals surface area contributed by atoms with Gasteiger partial charge >= 0.3 is 0 Å². The lowest BCUT2D eigenvalue weighted by Gasteiger charge is -2.00. The van der Waals surface area contributed by atoms with Crippen LogP contribution in [0.1, 0.15) is 43.5 Å². The van der Waals surface area contributed by atoms with Gasteiger partial charge in [-0.1, -0.05) is 20.8 Å². The van der Waals surface area contributed by atoms with E-state index in [1.165, 1.54) is 11.1 Å². The predicted molar refractivity (Wildman–Crippen MR) is 72.3 cm³/mol. The van der Waals surface area contributed by atoms with E-state index in [1.807, 2.05) is 19.1 Å². The molecule has 0 saturated carbocycles. The van der Waals surface area contributed by atoms with Crippen molar-refractivity contribution >= 4 is 0 Å². The molecule has 18 heavy (non-hydrogen) atoms. The quantitative estimate of drug-likeness (QED) is 0.815. The largest absolute Gasteiger partial charge is 0.159 e. The molecular weight excluding hydrogens is 224 g/mol. The van der Waals surface area contributed by atoms with E-state index in [-0.39, 0.29) is 0 Å². The highest BCUT2D eigenvalue weighted by molar-refractivity contribution is 5.10. The molecule has 0 bridgehead atoms. The third kappa shape index (κ3) is 4.99. The van der Waals surface area contributed by atoms with Crippen LogP contribution in [0.2, 0.25) is 0 Å². The van der Waals surface area contributed by atoms with Crippen LogP contribution in [0.3, 0.4) is 0 Å². The average Bonchev–Trinajstić information content (AvgIpc) is 2.40. The van der Waals surface area contributed by atoms with Crippen molar-refractivity contribution in [2.45, 2.75) is 40.0 Å². The van der Waals surface area contributed by atoms with Crippen molar-refractivity contribution in [1.82, 2.24) is 20.4 Å². The van der Waals surface area contributed by atoms with Gasteiger partial charge in [-0.25, -0.2) is 0 Å². The Labute approximate surface area is 108 Å². The summed E-state index contributed by atoms with van der Waals surface area (Å²) >= 11 is 0. The first-order valence-electron chi connectivity index (χ1n) is 6.18. The van der Waals surface area contributed by atoms with Crippen LogP contribution in [-0.4, -0.2) is 20.4 Å². The van der Waals surface area contributed by atoms with Gasteiger partial charge in [0, 0.05) is 6.20 Å². The van der Waals surface area contributed by atoms with Gasteiger partial charge in [-0.2, -0.15) is 20.4 Å². The highest BCUT2D eigenvalue weighted by atomic mass is 15.1. The molecule has 96 valence electrons. The number of hydrogen-bond acceptors (Lipinski definition) is 4. The molecule has 4 nitrogen and oxygen atoms in total. The van der Waals surface area contributed by atoms with Crippen molar-refractivity contribution in [2.24, 2.45) is 0 Å². The molecule has 2 heterocycles. The number of aromatic nitrogens is 4. The Morgan fingerprint density at radius 1 is 1.11 bits per heavy atom. The van der Waals surface area contributed by atoms with Gasteiger partial charge in [0.05, 0.1) is 18.1 Å². The molecule has 2 rings (SSSR count). The van der Waals surface area contributed by atoms with E-state index < -0.39 is 0 Å². The lowest BCUT2D eigenvalue weighted by molar-refractivity contribution is 0.841. The Balaban J connectivity index is 0.000000180. The van der Waals surface area contributed by atoms with Gasteiger partial charge in [0.25, 0.3) is 0 Å². The van der Waals surface area contributed by atoms with E-state index in [4.69, 9.17) is 0 Å². The van der Waals surface area contributed by atoms with E-state index in [0.29, 0.717) is 5.92 Å². The van der Waals surface area contributed by atoms with Crippen molar-refractivity contribution < 1.29 is 0 Å². The third-order valence-electron chi connectivity index (χ3n) is 2.52. The van der Waals surface area contributed by atoms with Crippen molar-refractivity contribution in [3.8, 4) is 0 Å². The van der Waals surface area contributed by atoms with Crippen molar-refractivity contribution in [3.05, 3.63) is 47.5 Å². The van der Waals surface area contributed by atoms with Crippen LogP contribution in [0.5, 0.6) is 0 Å². The van der Waals surface area contributed by atoms with Crippen molar-refractivity contribution in [1.29, 1.82) is 0 Å². The van der Waals surface area contributed by atoms with Crippen LogP contribution in [0.15, 0.2) is 30.7 Å². The number of aryl methyl sites for hydroxylation is 2. The fourth-order valence-corrected chi connectivity index (χ4v) is 1.36. The van der Waals surface area contributed by atoms with E-state index in [2.05, 4.69) is 41.2 Å². The Hall–Kier alpha value is -1.84. The van der Waals surface area contributed by atoms with E-state index in [9.17, 15) is 0 Å². The third-order valence-corrected chi connectivity index (χ3v) is 2.52. The molecule has 0 unspecified atom stereocenters.